The minimum Gasteiger partial charge on any atom is -0.481 e. The van der Waals surface area contributed by atoms with Crippen LogP contribution in [0.5, 0.6) is 5.75 Å². The van der Waals surface area contributed by atoms with E-state index in [0.717, 1.165) is 12.8 Å². The number of hydrogen-bond acceptors (Lipinski definition) is 3. The lowest BCUT2D eigenvalue weighted by Crippen LogP contribution is -2.41. The minimum absolute atomic E-state index is 0.0227. The van der Waals surface area contributed by atoms with Crippen molar-refractivity contribution in [3.63, 3.8) is 0 Å². The van der Waals surface area contributed by atoms with Crippen LogP contribution in [0.4, 0.5) is 4.39 Å². The van der Waals surface area contributed by atoms with Crippen LogP contribution in [0.25, 0.3) is 0 Å². The predicted molar refractivity (Wildman–Crippen MR) is 119 cm³/mol. The molecule has 2 atom stereocenters. The quantitative estimate of drug-likeness (QED) is 0.499. The fourth-order valence-corrected chi connectivity index (χ4v) is 3.17. The maximum atomic E-state index is 13.0. The molecule has 1 amide bonds. The molecule has 0 unspecified atom stereocenters. The number of carbonyl (C=O) groups is 2. The van der Waals surface area contributed by atoms with Crippen LogP contribution >= 0.6 is 0 Å². The molecule has 3 aromatic rings. The Morgan fingerprint density at radius 2 is 1.45 bits per heavy atom. The van der Waals surface area contributed by atoms with E-state index in [9.17, 15) is 14.0 Å². The minimum atomic E-state index is -0.669. The zero-order chi connectivity index (χ0) is 22.2. The summed E-state index contributed by atoms with van der Waals surface area (Å²) in [6, 6.07) is 22.2. The van der Waals surface area contributed by atoms with Gasteiger partial charge in [0.25, 0.3) is 5.91 Å². The van der Waals surface area contributed by atoms with E-state index in [-0.39, 0.29) is 23.5 Å². The number of ether oxygens (including phenoxy) is 1. The molecule has 0 radical (unpaired) electrons. The Morgan fingerprint density at radius 1 is 0.871 bits per heavy atom. The third-order valence-corrected chi connectivity index (χ3v) is 5.00. The third-order valence-electron chi connectivity index (χ3n) is 5.00. The summed E-state index contributed by atoms with van der Waals surface area (Å²) >= 11 is 0. The van der Waals surface area contributed by atoms with E-state index in [1.165, 1.54) is 29.8 Å². The normalized spacial score (nSPS) is 12.6. The Morgan fingerprint density at radius 3 is 2.06 bits per heavy atom. The number of nitrogens with one attached hydrogen (secondary N) is 1. The summed E-state index contributed by atoms with van der Waals surface area (Å²) in [4.78, 5) is 24.9. The monoisotopic (exact) mass is 419 g/mol. The van der Waals surface area contributed by atoms with Crippen LogP contribution in [0.15, 0.2) is 78.9 Å². The first-order chi connectivity index (χ1) is 14.9. The van der Waals surface area contributed by atoms with Gasteiger partial charge in [-0.25, -0.2) is 4.39 Å². The molecule has 0 bridgehead atoms. The van der Waals surface area contributed by atoms with Crippen molar-refractivity contribution in [3.8, 4) is 5.75 Å². The molecule has 4 nitrogen and oxygen atoms in total. The molecule has 0 spiro atoms. The largest absolute Gasteiger partial charge is 0.481 e. The molecule has 0 saturated heterocycles. The van der Waals surface area contributed by atoms with Crippen molar-refractivity contribution in [3.05, 3.63) is 101 Å². The lowest BCUT2D eigenvalue weighted by Gasteiger charge is -2.19. The highest BCUT2D eigenvalue weighted by Gasteiger charge is 2.17. The highest BCUT2D eigenvalue weighted by Crippen LogP contribution is 2.17. The second kappa shape index (κ2) is 10.5. The molecule has 3 aromatic carbocycles. The van der Waals surface area contributed by atoms with Crippen LogP contribution in [0.3, 0.4) is 0 Å². The van der Waals surface area contributed by atoms with Crippen molar-refractivity contribution in [1.82, 2.24) is 5.32 Å². The lowest BCUT2D eigenvalue weighted by atomic mass is 10.0. The molecular weight excluding hydrogens is 393 g/mol. The van der Waals surface area contributed by atoms with Gasteiger partial charge < -0.3 is 10.1 Å². The number of hydrogen-bond donors (Lipinski definition) is 1. The number of benzene rings is 3. The summed E-state index contributed by atoms with van der Waals surface area (Å²) in [7, 11) is 0. The number of rotatable bonds is 9. The third kappa shape index (κ3) is 6.51. The first-order valence-corrected chi connectivity index (χ1v) is 10.3. The van der Waals surface area contributed by atoms with Gasteiger partial charge >= 0.3 is 0 Å². The highest BCUT2D eigenvalue weighted by atomic mass is 19.1. The maximum Gasteiger partial charge on any atom is 0.260 e. The smallest absolute Gasteiger partial charge is 0.260 e. The van der Waals surface area contributed by atoms with Gasteiger partial charge in [-0.1, -0.05) is 30.3 Å². The van der Waals surface area contributed by atoms with E-state index in [2.05, 4.69) is 17.4 Å². The van der Waals surface area contributed by atoms with Crippen molar-refractivity contribution in [2.45, 2.75) is 38.8 Å². The van der Waals surface area contributed by atoms with Crippen LogP contribution in [-0.4, -0.2) is 23.8 Å². The molecule has 0 aliphatic heterocycles. The van der Waals surface area contributed by atoms with Gasteiger partial charge in [0.1, 0.15) is 11.6 Å². The first-order valence-electron chi connectivity index (χ1n) is 10.3. The summed E-state index contributed by atoms with van der Waals surface area (Å²) in [6.45, 7) is 3.67. The summed E-state index contributed by atoms with van der Waals surface area (Å²) < 4.78 is 18.8. The molecule has 31 heavy (non-hydrogen) atoms. The van der Waals surface area contributed by atoms with Crippen LogP contribution in [0, 0.1) is 5.82 Å². The first kappa shape index (κ1) is 22.2. The molecule has 0 fully saturated rings. The average molecular weight is 419 g/mol. The fourth-order valence-electron chi connectivity index (χ4n) is 3.17. The number of ketones is 1. The number of halogens is 1. The van der Waals surface area contributed by atoms with Crippen molar-refractivity contribution in [2.75, 3.05) is 0 Å². The zero-order valence-electron chi connectivity index (χ0n) is 17.7. The van der Waals surface area contributed by atoms with Gasteiger partial charge in [0.2, 0.25) is 0 Å². The van der Waals surface area contributed by atoms with Gasteiger partial charge in [-0.05, 0) is 80.8 Å². The summed E-state index contributed by atoms with van der Waals surface area (Å²) in [5, 5.41) is 2.98. The van der Waals surface area contributed by atoms with E-state index < -0.39 is 6.10 Å². The van der Waals surface area contributed by atoms with Crippen molar-refractivity contribution in [2.24, 2.45) is 0 Å². The Kier molecular flexibility index (Phi) is 7.55. The van der Waals surface area contributed by atoms with Gasteiger partial charge in [0.05, 0.1) is 0 Å². The molecule has 0 saturated carbocycles. The Labute approximate surface area is 182 Å². The van der Waals surface area contributed by atoms with Crippen LogP contribution < -0.4 is 10.1 Å². The zero-order valence-corrected chi connectivity index (χ0v) is 17.7. The second-order valence-corrected chi connectivity index (χ2v) is 7.55. The van der Waals surface area contributed by atoms with Gasteiger partial charge in [0.15, 0.2) is 11.9 Å². The molecule has 0 aliphatic carbocycles. The van der Waals surface area contributed by atoms with Crippen molar-refractivity contribution < 1.29 is 18.7 Å². The van der Waals surface area contributed by atoms with E-state index in [0.29, 0.717) is 16.9 Å². The molecule has 1 N–H and O–H groups in total. The van der Waals surface area contributed by atoms with Crippen LogP contribution in [0.2, 0.25) is 0 Å². The Balaban J connectivity index is 1.50. The summed E-state index contributed by atoms with van der Waals surface area (Å²) in [5.41, 5.74) is 2.11. The van der Waals surface area contributed by atoms with Gasteiger partial charge in [-0.15, -0.1) is 0 Å². The molecular formula is C26H26FNO3. The SMILES string of the molecule is C[C@H](CCc1ccccc1)NC(=O)[C@H](C)Oc1ccc(C(=O)c2ccc(F)cc2)cc1. The molecule has 160 valence electrons. The van der Waals surface area contributed by atoms with E-state index >= 15 is 0 Å². The lowest BCUT2D eigenvalue weighted by molar-refractivity contribution is -0.127. The molecule has 0 aliphatic rings. The predicted octanol–water partition coefficient (Wildman–Crippen LogP) is 4.96. The van der Waals surface area contributed by atoms with Gasteiger partial charge in [-0.2, -0.15) is 0 Å². The molecule has 3 rings (SSSR count). The summed E-state index contributed by atoms with van der Waals surface area (Å²) in [5.74, 6) is -0.284. The number of carbonyl (C=O) groups excluding carboxylic acids is 2. The summed E-state index contributed by atoms with van der Waals surface area (Å²) in [6.07, 6.45) is 1.06. The average Bonchev–Trinajstić information content (AvgIpc) is 2.79. The van der Waals surface area contributed by atoms with E-state index in [1.54, 1.807) is 31.2 Å². The molecule has 5 heteroatoms. The van der Waals surface area contributed by atoms with E-state index in [1.807, 2.05) is 25.1 Å². The Hall–Kier alpha value is -3.47. The topological polar surface area (TPSA) is 55.4 Å². The number of aryl methyl sites for hydroxylation is 1. The number of amides is 1. The van der Waals surface area contributed by atoms with Gasteiger partial charge in [0, 0.05) is 17.2 Å². The van der Waals surface area contributed by atoms with Crippen molar-refractivity contribution in [1.29, 1.82) is 0 Å². The van der Waals surface area contributed by atoms with Crippen LogP contribution in [-0.2, 0) is 11.2 Å². The second-order valence-electron chi connectivity index (χ2n) is 7.55. The van der Waals surface area contributed by atoms with E-state index in [4.69, 9.17) is 4.74 Å². The highest BCUT2D eigenvalue weighted by molar-refractivity contribution is 6.09. The molecule has 0 aromatic heterocycles. The van der Waals surface area contributed by atoms with Crippen molar-refractivity contribution >= 4 is 11.7 Å². The fraction of sp³-hybridized carbons (Fsp3) is 0.231. The Bertz CT molecular complexity index is 1000. The standard InChI is InChI=1S/C26H26FNO3/c1-18(8-9-20-6-4-3-5-7-20)28-26(30)19(2)31-24-16-12-22(13-17-24)25(29)21-10-14-23(27)15-11-21/h3-7,10-19H,8-9H2,1-2H3,(H,28,30)/t18-,19+/m1/s1. The maximum absolute atomic E-state index is 13.0. The van der Waals surface area contributed by atoms with Crippen LogP contribution in [0.1, 0.15) is 41.8 Å². The van der Waals surface area contributed by atoms with Gasteiger partial charge in [-0.3, -0.25) is 9.59 Å². The molecule has 0 heterocycles.